The summed E-state index contributed by atoms with van der Waals surface area (Å²) in [4.78, 5) is 1.95. The van der Waals surface area contributed by atoms with Crippen LogP contribution in [0.2, 0.25) is 0 Å². The fraction of sp³-hybridized carbons (Fsp3) is 0.462. The summed E-state index contributed by atoms with van der Waals surface area (Å²) in [5, 5.41) is 0.429. The maximum atomic E-state index is 5.72. The number of nitrogens with two attached hydrogens (primary N) is 1. The SMILES string of the molecule is CCCN(CCOc1ccc(CCl)cc1)C(N)=S. The van der Waals surface area contributed by atoms with E-state index in [1.54, 1.807) is 0 Å². The van der Waals surface area contributed by atoms with Crippen molar-refractivity contribution in [3.05, 3.63) is 29.8 Å². The second-order valence-electron chi connectivity index (χ2n) is 3.95. The van der Waals surface area contributed by atoms with Crippen molar-refractivity contribution in [3.8, 4) is 5.75 Å². The highest BCUT2D eigenvalue weighted by atomic mass is 35.5. The lowest BCUT2D eigenvalue weighted by Gasteiger charge is -2.22. The second kappa shape index (κ2) is 8.16. The Morgan fingerprint density at radius 2 is 2.00 bits per heavy atom. The van der Waals surface area contributed by atoms with Crippen LogP contribution in [0, 0.1) is 0 Å². The van der Waals surface area contributed by atoms with Crippen molar-refractivity contribution in [1.29, 1.82) is 0 Å². The quantitative estimate of drug-likeness (QED) is 0.618. The van der Waals surface area contributed by atoms with E-state index in [-0.39, 0.29) is 0 Å². The molecule has 3 nitrogen and oxygen atoms in total. The highest BCUT2D eigenvalue weighted by Gasteiger charge is 2.04. The van der Waals surface area contributed by atoms with E-state index in [1.165, 1.54) is 0 Å². The molecule has 0 heterocycles. The third-order valence-corrected chi connectivity index (χ3v) is 3.08. The average molecular weight is 287 g/mol. The highest BCUT2D eigenvalue weighted by molar-refractivity contribution is 7.80. The molecule has 0 unspecified atom stereocenters. The first-order chi connectivity index (χ1) is 8.67. The molecule has 100 valence electrons. The van der Waals surface area contributed by atoms with Crippen LogP contribution in [0.1, 0.15) is 18.9 Å². The minimum absolute atomic E-state index is 0.429. The molecule has 5 heteroatoms. The number of alkyl halides is 1. The van der Waals surface area contributed by atoms with Crippen molar-refractivity contribution in [2.24, 2.45) is 5.73 Å². The number of halogens is 1. The number of hydrogen-bond donors (Lipinski definition) is 1. The molecule has 0 saturated heterocycles. The van der Waals surface area contributed by atoms with Gasteiger partial charge in [0.15, 0.2) is 5.11 Å². The summed E-state index contributed by atoms with van der Waals surface area (Å²) in [6.07, 6.45) is 1.02. The van der Waals surface area contributed by atoms with Gasteiger partial charge in [0.05, 0.1) is 6.54 Å². The Bertz CT molecular complexity index is 370. The molecule has 0 spiro atoms. The van der Waals surface area contributed by atoms with Crippen LogP contribution in [0.25, 0.3) is 0 Å². The van der Waals surface area contributed by atoms with E-state index in [0.717, 1.165) is 24.3 Å². The second-order valence-corrected chi connectivity index (χ2v) is 4.64. The van der Waals surface area contributed by atoms with Gasteiger partial charge in [0.2, 0.25) is 0 Å². The standard InChI is InChI=1S/C13H19ClN2OS/c1-2-7-16(13(15)18)8-9-17-12-5-3-11(10-14)4-6-12/h3-6H,2,7-10H2,1H3,(H2,15,18). The van der Waals surface area contributed by atoms with Gasteiger partial charge in [0, 0.05) is 12.4 Å². The summed E-state index contributed by atoms with van der Waals surface area (Å²) in [7, 11) is 0. The molecule has 1 rings (SSSR count). The first-order valence-corrected chi connectivity index (χ1v) is 6.93. The average Bonchev–Trinajstić information content (AvgIpc) is 2.38. The molecule has 0 radical (unpaired) electrons. The Morgan fingerprint density at radius 3 is 2.50 bits per heavy atom. The van der Waals surface area contributed by atoms with Crippen LogP contribution in [0.15, 0.2) is 24.3 Å². The molecular formula is C13H19ClN2OS. The summed E-state index contributed by atoms with van der Waals surface area (Å²) < 4.78 is 5.63. The molecule has 1 aromatic rings. The monoisotopic (exact) mass is 286 g/mol. The van der Waals surface area contributed by atoms with Gasteiger partial charge in [0.1, 0.15) is 12.4 Å². The summed E-state index contributed by atoms with van der Waals surface area (Å²) in [5.74, 6) is 1.36. The number of thiocarbonyl (C=S) groups is 1. The molecule has 1 aromatic carbocycles. The van der Waals surface area contributed by atoms with Gasteiger partial charge in [-0.2, -0.15) is 0 Å². The Balaban J connectivity index is 2.37. The molecule has 2 N–H and O–H groups in total. The lowest BCUT2D eigenvalue weighted by molar-refractivity contribution is 0.269. The largest absolute Gasteiger partial charge is 0.492 e. The van der Waals surface area contributed by atoms with E-state index in [2.05, 4.69) is 6.92 Å². The normalized spacial score (nSPS) is 10.1. The molecule has 0 aliphatic heterocycles. The zero-order valence-electron chi connectivity index (χ0n) is 10.6. The molecular weight excluding hydrogens is 268 g/mol. The minimum Gasteiger partial charge on any atom is -0.492 e. The maximum Gasteiger partial charge on any atom is 0.166 e. The molecule has 0 fully saturated rings. The van der Waals surface area contributed by atoms with Gasteiger partial charge >= 0.3 is 0 Å². The summed E-state index contributed by atoms with van der Waals surface area (Å²) in [6, 6.07) is 7.75. The number of ether oxygens (including phenoxy) is 1. The van der Waals surface area contributed by atoms with Crippen LogP contribution in [0.4, 0.5) is 0 Å². The third kappa shape index (κ3) is 5.10. The lowest BCUT2D eigenvalue weighted by Crippen LogP contribution is -2.38. The van der Waals surface area contributed by atoms with Gasteiger partial charge in [-0.1, -0.05) is 19.1 Å². The smallest absolute Gasteiger partial charge is 0.166 e. The van der Waals surface area contributed by atoms with Gasteiger partial charge in [-0.05, 0) is 36.3 Å². The van der Waals surface area contributed by atoms with E-state index in [4.69, 9.17) is 34.3 Å². The predicted molar refractivity (Wildman–Crippen MR) is 80.1 cm³/mol. The molecule has 0 aromatic heterocycles. The molecule has 18 heavy (non-hydrogen) atoms. The van der Waals surface area contributed by atoms with Gasteiger partial charge in [-0.25, -0.2) is 0 Å². The van der Waals surface area contributed by atoms with Crippen molar-refractivity contribution in [3.63, 3.8) is 0 Å². The first-order valence-electron chi connectivity index (χ1n) is 5.99. The molecule has 0 aliphatic rings. The van der Waals surface area contributed by atoms with Crippen molar-refractivity contribution in [1.82, 2.24) is 4.90 Å². The summed E-state index contributed by atoms with van der Waals surface area (Å²) in [6.45, 7) is 4.24. The first kappa shape index (κ1) is 15.1. The van der Waals surface area contributed by atoms with Crippen molar-refractivity contribution in [2.75, 3.05) is 19.7 Å². The van der Waals surface area contributed by atoms with Crippen molar-refractivity contribution < 1.29 is 4.74 Å². The fourth-order valence-electron chi connectivity index (χ4n) is 1.55. The number of hydrogen-bond acceptors (Lipinski definition) is 2. The van der Waals surface area contributed by atoms with Crippen LogP contribution >= 0.6 is 23.8 Å². The Kier molecular flexibility index (Phi) is 6.83. The molecule has 0 amide bonds. The summed E-state index contributed by atoms with van der Waals surface area (Å²) in [5.41, 5.74) is 6.71. The predicted octanol–water partition coefficient (Wildman–Crippen LogP) is 2.76. The van der Waals surface area contributed by atoms with Crippen molar-refractivity contribution >= 4 is 28.9 Å². The van der Waals surface area contributed by atoms with Crippen molar-refractivity contribution in [2.45, 2.75) is 19.2 Å². The zero-order valence-corrected chi connectivity index (χ0v) is 12.1. The third-order valence-electron chi connectivity index (χ3n) is 2.51. The van der Waals surface area contributed by atoms with E-state index in [1.807, 2.05) is 29.2 Å². The Hall–Kier alpha value is -1.00. The summed E-state index contributed by atoms with van der Waals surface area (Å²) >= 11 is 10.7. The maximum absolute atomic E-state index is 5.72. The zero-order chi connectivity index (χ0) is 13.4. The van der Waals surface area contributed by atoms with Crippen LogP contribution in [0.3, 0.4) is 0 Å². The number of rotatable bonds is 7. The molecule has 0 saturated carbocycles. The van der Waals surface area contributed by atoms with E-state index < -0.39 is 0 Å². The van der Waals surface area contributed by atoms with E-state index in [0.29, 0.717) is 24.1 Å². The van der Waals surface area contributed by atoms with E-state index in [9.17, 15) is 0 Å². The van der Waals surface area contributed by atoms with Gasteiger partial charge in [0.25, 0.3) is 0 Å². The fourth-order valence-corrected chi connectivity index (χ4v) is 1.91. The number of benzene rings is 1. The van der Waals surface area contributed by atoms with Gasteiger partial charge < -0.3 is 15.4 Å². The lowest BCUT2D eigenvalue weighted by atomic mass is 10.2. The van der Waals surface area contributed by atoms with Gasteiger partial charge in [-0.3, -0.25) is 0 Å². The van der Waals surface area contributed by atoms with Crippen LogP contribution < -0.4 is 10.5 Å². The van der Waals surface area contributed by atoms with E-state index >= 15 is 0 Å². The van der Waals surface area contributed by atoms with Crippen LogP contribution in [-0.2, 0) is 5.88 Å². The topological polar surface area (TPSA) is 38.5 Å². The molecule has 0 bridgehead atoms. The Morgan fingerprint density at radius 1 is 1.33 bits per heavy atom. The Labute approximate surface area is 119 Å². The number of nitrogens with zero attached hydrogens (tertiary/aromatic N) is 1. The van der Waals surface area contributed by atoms with Crippen LogP contribution in [-0.4, -0.2) is 29.7 Å². The molecule has 0 aliphatic carbocycles. The highest BCUT2D eigenvalue weighted by Crippen LogP contribution is 2.13. The van der Waals surface area contributed by atoms with Gasteiger partial charge in [-0.15, -0.1) is 11.6 Å². The van der Waals surface area contributed by atoms with Crippen LogP contribution in [0.5, 0.6) is 5.75 Å². The molecule has 0 atom stereocenters. The minimum atomic E-state index is 0.429.